The predicted octanol–water partition coefficient (Wildman–Crippen LogP) is 3.60. The number of carbonyl (C=O) groups excluding carboxylic acids is 2. The number of rotatable bonds is 7. The fraction of sp³-hybridized carbons (Fsp3) is 0.350. The van der Waals surface area contributed by atoms with Crippen LogP contribution in [0.1, 0.15) is 48.4 Å². The van der Waals surface area contributed by atoms with Gasteiger partial charge in [0, 0.05) is 36.6 Å². The minimum atomic E-state index is -0.267. The van der Waals surface area contributed by atoms with Crippen LogP contribution in [0, 0.1) is 0 Å². The van der Waals surface area contributed by atoms with Crippen LogP contribution >= 0.6 is 0 Å². The van der Waals surface area contributed by atoms with E-state index in [1.54, 1.807) is 41.3 Å². The molecule has 6 heteroatoms. The number of ether oxygens (including phenoxy) is 1. The van der Waals surface area contributed by atoms with E-state index in [-0.39, 0.29) is 17.9 Å². The van der Waals surface area contributed by atoms with Crippen molar-refractivity contribution in [3.8, 4) is 5.88 Å². The molecule has 2 amide bonds. The second-order valence-electron chi connectivity index (χ2n) is 6.06. The van der Waals surface area contributed by atoms with Gasteiger partial charge in [0.15, 0.2) is 0 Å². The minimum absolute atomic E-state index is 0.0159. The summed E-state index contributed by atoms with van der Waals surface area (Å²) in [7, 11) is 0. The third-order valence-corrected chi connectivity index (χ3v) is 3.80. The number of anilines is 1. The quantitative estimate of drug-likeness (QED) is 0.824. The first-order chi connectivity index (χ1) is 12.4. The van der Waals surface area contributed by atoms with Gasteiger partial charge in [-0.05, 0) is 58.0 Å². The van der Waals surface area contributed by atoms with Crippen LogP contribution in [0.3, 0.4) is 0 Å². The van der Waals surface area contributed by atoms with Crippen molar-refractivity contribution in [2.24, 2.45) is 0 Å². The SMILES string of the molecule is CCN(CC)C(=O)c1ccc(NC(=O)c2ccc(OC(C)C)nc2)cc1. The zero-order valence-electron chi connectivity index (χ0n) is 15.7. The maximum Gasteiger partial charge on any atom is 0.257 e. The Morgan fingerprint density at radius 2 is 1.65 bits per heavy atom. The highest BCUT2D eigenvalue weighted by Gasteiger charge is 2.13. The Kier molecular flexibility index (Phi) is 6.72. The molecule has 0 fully saturated rings. The Bertz CT molecular complexity index is 736. The third kappa shape index (κ3) is 5.05. The third-order valence-electron chi connectivity index (χ3n) is 3.80. The monoisotopic (exact) mass is 355 g/mol. The molecule has 26 heavy (non-hydrogen) atoms. The Labute approximate surface area is 154 Å². The van der Waals surface area contributed by atoms with E-state index >= 15 is 0 Å². The fourth-order valence-corrected chi connectivity index (χ4v) is 2.42. The average Bonchev–Trinajstić information content (AvgIpc) is 2.63. The maximum absolute atomic E-state index is 12.3. The topological polar surface area (TPSA) is 71.5 Å². The van der Waals surface area contributed by atoms with Gasteiger partial charge in [-0.2, -0.15) is 0 Å². The molecule has 6 nitrogen and oxygen atoms in total. The Hall–Kier alpha value is -2.89. The number of benzene rings is 1. The second-order valence-corrected chi connectivity index (χ2v) is 6.06. The number of pyridine rings is 1. The van der Waals surface area contributed by atoms with E-state index in [0.29, 0.717) is 35.8 Å². The molecule has 0 aliphatic rings. The van der Waals surface area contributed by atoms with Gasteiger partial charge in [-0.3, -0.25) is 9.59 Å². The van der Waals surface area contributed by atoms with E-state index in [2.05, 4.69) is 10.3 Å². The molecule has 1 heterocycles. The molecule has 0 saturated heterocycles. The molecule has 0 bridgehead atoms. The van der Waals surface area contributed by atoms with Gasteiger partial charge < -0.3 is 15.0 Å². The highest BCUT2D eigenvalue weighted by Crippen LogP contribution is 2.14. The van der Waals surface area contributed by atoms with E-state index in [1.807, 2.05) is 27.7 Å². The Morgan fingerprint density at radius 1 is 1.04 bits per heavy atom. The van der Waals surface area contributed by atoms with Crippen LogP contribution < -0.4 is 10.1 Å². The van der Waals surface area contributed by atoms with E-state index in [4.69, 9.17) is 4.74 Å². The van der Waals surface area contributed by atoms with Crippen LogP contribution in [0.15, 0.2) is 42.6 Å². The van der Waals surface area contributed by atoms with Gasteiger partial charge in [0.25, 0.3) is 11.8 Å². The summed E-state index contributed by atoms with van der Waals surface area (Å²) in [4.78, 5) is 30.5. The summed E-state index contributed by atoms with van der Waals surface area (Å²) in [6.45, 7) is 9.05. The van der Waals surface area contributed by atoms with E-state index in [0.717, 1.165) is 0 Å². The first kappa shape index (κ1) is 19.4. The summed E-state index contributed by atoms with van der Waals surface area (Å²) in [6, 6.07) is 10.2. The number of nitrogens with one attached hydrogen (secondary N) is 1. The Morgan fingerprint density at radius 3 is 2.15 bits per heavy atom. The van der Waals surface area contributed by atoms with Gasteiger partial charge in [-0.25, -0.2) is 4.98 Å². The number of nitrogens with zero attached hydrogens (tertiary/aromatic N) is 2. The van der Waals surface area contributed by atoms with Crippen molar-refractivity contribution in [2.75, 3.05) is 18.4 Å². The maximum atomic E-state index is 12.3. The van der Waals surface area contributed by atoms with Crippen molar-refractivity contribution in [1.29, 1.82) is 0 Å². The molecular formula is C20H25N3O3. The molecule has 0 atom stereocenters. The summed E-state index contributed by atoms with van der Waals surface area (Å²) in [5.74, 6) is 0.199. The number of carbonyl (C=O) groups is 2. The zero-order chi connectivity index (χ0) is 19.1. The normalized spacial score (nSPS) is 10.5. The largest absolute Gasteiger partial charge is 0.475 e. The number of aromatic nitrogens is 1. The smallest absolute Gasteiger partial charge is 0.257 e. The summed E-state index contributed by atoms with van der Waals surface area (Å²) >= 11 is 0. The molecule has 0 aliphatic carbocycles. The van der Waals surface area contributed by atoms with Crippen LogP contribution in [-0.2, 0) is 0 Å². The highest BCUT2D eigenvalue weighted by atomic mass is 16.5. The highest BCUT2D eigenvalue weighted by molar-refractivity contribution is 6.04. The first-order valence-electron chi connectivity index (χ1n) is 8.78. The standard InChI is InChI=1S/C20H25N3O3/c1-5-23(6-2)20(25)15-7-10-17(11-8-15)22-19(24)16-9-12-18(21-13-16)26-14(3)4/h7-14H,5-6H2,1-4H3,(H,22,24). The van der Waals surface area contributed by atoms with E-state index in [9.17, 15) is 9.59 Å². The average molecular weight is 355 g/mol. The molecule has 0 spiro atoms. The van der Waals surface area contributed by atoms with Crippen LogP contribution in [0.4, 0.5) is 5.69 Å². The lowest BCUT2D eigenvalue weighted by molar-refractivity contribution is 0.0773. The van der Waals surface area contributed by atoms with Crippen molar-refractivity contribution in [3.63, 3.8) is 0 Å². The van der Waals surface area contributed by atoms with Crippen molar-refractivity contribution in [2.45, 2.75) is 33.8 Å². The molecule has 138 valence electrons. The van der Waals surface area contributed by atoms with Gasteiger partial charge in [0.1, 0.15) is 0 Å². The lowest BCUT2D eigenvalue weighted by atomic mass is 10.1. The van der Waals surface area contributed by atoms with Crippen LogP contribution in [-0.4, -0.2) is 40.9 Å². The number of amides is 2. The van der Waals surface area contributed by atoms with Crippen LogP contribution in [0.2, 0.25) is 0 Å². The Balaban J connectivity index is 2.02. The molecule has 0 aliphatic heterocycles. The summed E-state index contributed by atoms with van der Waals surface area (Å²) in [6.07, 6.45) is 1.51. The predicted molar refractivity (Wildman–Crippen MR) is 102 cm³/mol. The molecule has 0 unspecified atom stereocenters. The molecule has 1 aromatic heterocycles. The first-order valence-corrected chi connectivity index (χ1v) is 8.78. The summed E-state index contributed by atoms with van der Waals surface area (Å²) in [5.41, 5.74) is 1.65. The molecule has 2 aromatic rings. The van der Waals surface area contributed by atoms with Gasteiger partial charge in [-0.1, -0.05) is 0 Å². The van der Waals surface area contributed by atoms with Crippen molar-refractivity contribution < 1.29 is 14.3 Å². The molecule has 1 N–H and O–H groups in total. The lowest BCUT2D eigenvalue weighted by Gasteiger charge is -2.18. The summed E-state index contributed by atoms with van der Waals surface area (Å²) < 4.78 is 5.46. The number of hydrogen-bond donors (Lipinski definition) is 1. The fourth-order valence-electron chi connectivity index (χ4n) is 2.42. The van der Waals surface area contributed by atoms with Crippen LogP contribution in [0.5, 0.6) is 5.88 Å². The van der Waals surface area contributed by atoms with E-state index in [1.165, 1.54) is 6.20 Å². The molecule has 2 rings (SSSR count). The molecular weight excluding hydrogens is 330 g/mol. The molecule has 1 aromatic carbocycles. The minimum Gasteiger partial charge on any atom is -0.475 e. The lowest BCUT2D eigenvalue weighted by Crippen LogP contribution is -2.30. The molecule has 0 saturated carbocycles. The zero-order valence-corrected chi connectivity index (χ0v) is 15.7. The van der Waals surface area contributed by atoms with Crippen molar-refractivity contribution in [1.82, 2.24) is 9.88 Å². The van der Waals surface area contributed by atoms with Gasteiger partial charge in [-0.15, -0.1) is 0 Å². The summed E-state index contributed by atoms with van der Waals surface area (Å²) in [5, 5.41) is 2.80. The van der Waals surface area contributed by atoms with Crippen molar-refractivity contribution in [3.05, 3.63) is 53.7 Å². The molecule has 0 radical (unpaired) electrons. The second kappa shape index (κ2) is 8.99. The number of hydrogen-bond acceptors (Lipinski definition) is 4. The van der Waals surface area contributed by atoms with Gasteiger partial charge in [0.2, 0.25) is 5.88 Å². The van der Waals surface area contributed by atoms with Crippen molar-refractivity contribution >= 4 is 17.5 Å². The van der Waals surface area contributed by atoms with E-state index < -0.39 is 0 Å². The van der Waals surface area contributed by atoms with Crippen LogP contribution in [0.25, 0.3) is 0 Å². The van der Waals surface area contributed by atoms with Gasteiger partial charge >= 0.3 is 0 Å². The van der Waals surface area contributed by atoms with Gasteiger partial charge in [0.05, 0.1) is 11.7 Å².